The van der Waals surface area contributed by atoms with Gasteiger partial charge in [-0.15, -0.1) is 11.8 Å². The van der Waals surface area contributed by atoms with Gasteiger partial charge in [-0.2, -0.15) is 5.10 Å². The molecule has 0 spiro atoms. The van der Waals surface area contributed by atoms with Crippen molar-refractivity contribution in [2.75, 3.05) is 5.75 Å². The van der Waals surface area contributed by atoms with Gasteiger partial charge in [0.05, 0.1) is 12.0 Å². The van der Waals surface area contributed by atoms with E-state index in [9.17, 15) is 4.79 Å². The molecule has 3 aromatic rings. The van der Waals surface area contributed by atoms with Crippen LogP contribution >= 0.6 is 11.8 Å². The summed E-state index contributed by atoms with van der Waals surface area (Å²) < 4.78 is 2.22. The molecule has 0 unspecified atom stereocenters. The van der Waals surface area contributed by atoms with Crippen molar-refractivity contribution in [2.45, 2.75) is 40.4 Å². The number of amides is 1. The second-order valence-electron chi connectivity index (χ2n) is 7.64. The molecule has 0 bridgehead atoms. The predicted octanol–water partition coefficient (Wildman–Crippen LogP) is 5.40. The average Bonchev–Trinajstić information content (AvgIpc) is 2.99. The van der Waals surface area contributed by atoms with Gasteiger partial charge in [0, 0.05) is 28.4 Å². The quantitative estimate of drug-likeness (QED) is 0.411. The molecule has 0 saturated carbocycles. The van der Waals surface area contributed by atoms with Gasteiger partial charge >= 0.3 is 0 Å². The molecule has 0 atom stereocenters. The first-order valence-electron chi connectivity index (χ1n) is 10.1. The molecule has 0 radical (unpaired) electrons. The second kappa shape index (κ2) is 9.81. The number of hydrazone groups is 1. The summed E-state index contributed by atoms with van der Waals surface area (Å²) >= 11 is 1.59. The number of thioether (sulfide) groups is 1. The summed E-state index contributed by atoms with van der Waals surface area (Å²) in [7, 11) is 0. The number of aryl methyl sites for hydroxylation is 4. The van der Waals surface area contributed by atoms with Crippen LogP contribution in [-0.2, 0) is 10.5 Å². The summed E-state index contributed by atoms with van der Waals surface area (Å²) in [6, 6.07) is 16.8. The van der Waals surface area contributed by atoms with Gasteiger partial charge in [-0.25, -0.2) is 5.43 Å². The van der Waals surface area contributed by atoms with Crippen LogP contribution in [-0.4, -0.2) is 22.4 Å². The zero-order chi connectivity index (χ0) is 21.7. The molecule has 0 aliphatic carbocycles. The molecule has 1 amide bonds. The van der Waals surface area contributed by atoms with E-state index in [2.05, 4.69) is 86.1 Å². The largest absolute Gasteiger partial charge is 0.318 e. The Morgan fingerprint density at radius 3 is 2.50 bits per heavy atom. The molecule has 30 heavy (non-hydrogen) atoms. The lowest BCUT2D eigenvalue weighted by Gasteiger charge is -2.11. The van der Waals surface area contributed by atoms with Gasteiger partial charge in [-0.1, -0.05) is 30.3 Å². The molecule has 156 valence electrons. The summed E-state index contributed by atoms with van der Waals surface area (Å²) in [4.78, 5) is 12.1. The second-order valence-corrected chi connectivity index (χ2v) is 8.63. The molecule has 0 aliphatic rings. The number of benzene rings is 2. The van der Waals surface area contributed by atoms with Gasteiger partial charge in [0.15, 0.2) is 0 Å². The van der Waals surface area contributed by atoms with Crippen molar-refractivity contribution in [3.63, 3.8) is 0 Å². The molecule has 5 heteroatoms. The Morgan fingerprint density at radius 1 is 1.00 bits per heavy atom. The predicted molar refractivity (Wildman–Crippen MR) is 128 cm³/mol. The highest BCUT2D eigenvalue weighted by atomic mass is 32.2. The smallest absolute Gasteiger partial charge is 0.250 e. The minimum atomic E-state index is -0.0900. The van der Waals surface area contributed by atoms with E-state index in [0.717, 1.165) is 28.4 Å². The van der Waals surface area contributed by atoms with E-state index in [1.165, 1.54) is 22.3 Å². The number of carbonyl (C=O) groups excluding carboxylic acids is 1. The van der Waals surface area contributed by atoms with E-state index >= 15 is 0 Å². The van der Waals surface area contributed by atoms with E-state index in [4.69, 9.17) is 0 Å². The maximum absolute atomic E-state index is 12.1. The standard InChI is InChI=1S/C25H29N3OS/c1-17-10-11-24(12-19(17)3)28-20(4)13-23(21(28)5)14-26-27-25(29)16-30-15-22-9-7-6-8-18(22)2/h6-14H,15-16H2,1-5H3,(H,27,29)/b26-14-. The van der Waals surface area contributed by atoms with Gasteiger partial charge < -0.3 is 4.57 Å². The van der Waals surface area contributed by atoms with Crippen LogP contribution in [0.2, 0.25) is 0 Å². The van der Waals surface area contributed by atoms with Gasteiger partial charge in [-0.05, 0) is 75.1 Å². The Bertz CT molecular complexity index is 1080. The third-order valence-corrected chi connectivity index (χ3v) is 6.35. The fraction of sp³-hybridized carbons (Fsp3) is 0.280. The van der Waals surface area contributed by atoms with Crippen LogP contribution in [0.4, 0.5) is 0 Å². The lowest BCUT2D eigenvalue weighted by atomic mass is 10.1. The normalized spacial score (nSPS) is 11.2. The van der Waals surface area contributed by atoms with Gasteiger partial charge in [0.1, 0.15) is 0 Å². The number of hydrogen-bond donors (Lipinski definition) is 1. The third-order valence-electron chi connectivity index (χ3n) is 5.36. The fourth-order valence-electron chi connectivity index (χ4n) is 3.41. The van der Waals surface area contributed by atoms with Gasteiger partial charge in [0.25, 0.3) is 0 Å². The lowest BCUT2D eigenvalue weighted by Crippen LogP contribution is -2.19. The van der Waals surface area contributed by atoms with Crippen molar-refractivity contribution >= 4 is 23.9 Å². The first kappa shape index (κ1) is 21.9. The number of nitrogens with zero attached hydrogens (tertiary/aromatic N) is 2. The van der Waals surface area contributed by atoms with Crippen LogP contribution in [0.3, 0.4) is 0 Å². The summed E-state index contributed by atoms with van der Waals surface area (Å²) in [6.07, 6.45) is 1.73. The molecule has 0 saturated heterocycles. The van der Waals surface area contributed by atoms with E-state index in [1.807, 2.05) is 12.1 Å². The van der Waals surface area contributed by atoms with Crippen LogP contribution in [0.5, 0.6) is 0 Å². The molecule has 1 N–H and O–H groups in total. The minimum Gasteiger partial charge on any atom is -0.318 e. The zero-order valence-corrected chi connectivity index (χ0v) is 19.1. The topological polar surface area (TPSA) is 46.4 Å². The molecular weight excluding hydrogens is 390 g/mol. The molecule has 4 nitrogen and oxygen atoms in total. The van der Waals surface area contributed by atoms with Gasteiger partial charge in [0.2, 0.25) is 5.91 Å². The summed E-state index contributed by atoms with van der Waals surface area (Å²) in [6.45, 7) is 10.5. The van der Waals surface area contributed by atoms with E-state index in [1.54, 1.807) is 18.0 Å². The van der Waals surface area contributed by atoms with E-state index in [0.29, 0.717) is 5.75 Å². The van der Waals surface area contributed by atoms with Crippen LogP contribution in [0.15, 0.2) is 53.6 Å². The third kappa shape index (κ3) is 5.22. The molecule has 0 aliphatic heterocycles. The van der Waals surface area contributed by atoms with Crippen molar-refractivity contribution in [1.82, 2.24) is 9.99 Å². The summed E-state index contributed by atoms with van der Waals surface area (Å²) in [5, 5.41) is 4.17. The average molecular weight is 420 g/mol. The zero-order valence-electron chi connectivity index (χ0n) is 18.3. The Labute approximate surface area is 183 Å². The van der Waals surface area contributed by atoms with Crippen molar-refractivity contribution in [3.05, 3.63) is 87.7 Å². The van der Waals surface area contributed by atoms with Crippen molar-refractivity contribution in [2.24, 2.45) is 5.10 Å². The Kier molecular flexibility index (Phi) is 7.16. The molecule has 1 heterocycles. The highest BCUT2D eigenvalue weighted by Gasteiger charge is 2.10. The van der Waals surface area contributed by atoms with Crippen LogP contribution < -0.4 is 5.43 Å². The Balaban J connectivity index is 1.59. The Morgan fingerprint density at radius 2 is 1.77 bits per heavy atom. The lowest BCUT2D eigenvalue weighted by molar-refractivity contribution is -0.118. The highest BCUT2D eigenvalue weighted by Crippen LogP contribution is 2.22. The van der Waals surface area contributed by atoms with Crippen LogP contribution in [0, 0.1) is 34.6 Å². The summed E-state index contributed by atoms with van der Waals surface area (Å²) in [5.41, 5.74) is 12.1. The number of hydrogen-bond acceptors (Lipinski definition) is 3. The Hall–Kier alpha value is -2.79. The van der Waals surface area contributed by atoms with E-state index in [-0.39, 0.29) is 5.91 Å². The van der Waals surface area contributed by atoms with Gasteiger partial charge in [-0.3, -0.25) is 4.79 Å². The first-order valence-corrected chi connectivity index (χ1v) is 11.2. The number of rotatable bonds is 7. The molecular formula is C25H29N3OS. The van der Waals surface area contributed by atoms with Crippen molar-refractivity contribution in [3.8, 4) is 5.69 Å². The monoisotopic (exact) mass is 419 g/mol. The van der Waals surface area contributed by atoms with Crippen molar-refractivity contribution in [1.29, 1.82) is 0 Å². The molecule has 1 aromatic heterocycles. The SMILES string of the molecule is Cc1ccc(-n2c(C)cc(/C=N\NC(=O)CSCc3ccccc3C)c2C)cc1C. The maximum atomic E-state index is 12.1. The molecule has 2 aromatic carbocycles. The highest BCUT2D eigenvalue weighted by molar-refractivity contribution is 7.99. The number of carbonyl (C=O) groups is 1. The van der Waals surface area contributed by atoms with Crippen molar-refractivity contribution < 1.29 is 4.79 Å². The van der Waals surface area contributed by atoms with Crippen LogP contribution in [0.1, 0.15) is 39.2 Å². The first-order chi connectivity index (χ1) is 14.4. The minimum absolute atomic E-state index is 0.0900. The number of aromatic nitrogens is 1. The summed E-state index contributed by atoms with van der Waals surface area (Å²) in [5.74, 6) is 1.11. The maximum Gasteiger partial charge on any atom is 0.250 e. The fourth-order valence-corrected chi connectivity index (χ4v) is 4.31. The van der Waals surface area contributed by atoms with E-state index < -0.39 is 0 Å². The van der Waals surface area contributed by atoms with Crippen LogP contribution in [0.25, 0.3) is 5.69 Å². The molecule has 0 fully saturated rings. The molecule has 3 rings (SSSR count). The number of nitrogens with one attached hydrogen (secondary N) is 1.